The van der Waals surface area contributed by atoms with E-state index in [1.54, 1.807) is 25.1 Å². The molecule has 26 heavy (non-hydrogen) atoms. The van der Waals surface area contributed by atoms with Crippen LogP contribution in [0.25, 0.3) is 15.3 Å². The topological polar surface area (TPSA) is 59.8 Å². The maximum Gasteiger partial charge on any atom is 0.259 e. The molecule has 2 heterocycles. The standard InChI is InChI=1S/C18H12ClFN4OS/c1-10-9-15(21-17(25)11-5-2-3-7-13(11)20)24(23-10)18-22-16-12(19)6-4-8-14(16)26-18/h2-9H,1H3,(H,21,25). The van der Waals surface area contributed by atoms with E-state index in [0.29, 0.717) is 27.2 Å². The molecular weight excluding hydrogens is 375 g/mol. The summed E-state index contributed by atoms with van der Waals surface area (Å²) in [4.78, 5) is 16.9. The van der Waals surface area contributed by atoms with Crippen LogP contribution in [-0.2, 0) is 0 Å². The van der Waals surface area contributed by atoms with Crippen molar-refractivity contribution >= 4 is 44.9 Å². The molecule has 1 N–H and O–H groups in total. The van der Waals surface area contributed by atoms with E-state index < -0.39 is 11.7 Å². The number of hydrogen-bond acceptors (Lipinski definition) is 4. The normalized spacial score (nSPS) is 11.0. The Morgan fingerprint density at radius 3 is 2.81 bits per heavy atom. The minimum Gasteiger partial charge on any atom is -0.306 e. The minimum atomic E-state index is -0.584. The second-order valence-electron chi connectivity index (χ2n) is 5.60. The summed E-state index contributed by atoms with van der Waals surface area (Å²) in [5.74, 6) is -0.728. The van der Waals surface area contributed by atoms with Crippen molar-refractivity contribution in [3.05, 3.63) is 70.6 Å². The number of aryl methyl sites for hydroxylation is 1. The van der Waals surface area contributed by atoms with E-state index in [0.717, 1.165) is 4.70 Å². The van der Waals surface area contributed by atoms with Gasteiger partial charge in [0.25, 0.3) is 5.91 Å². The first kappa shape index (κ1) is 16.7. The summed E-state index contributed by atoms with van der Waals surface area (Å²) in [6.45, 7) is 1.80. The van der Waals surface area contributed by atoms with Crippen LogP contribution in [0.5, 0.6) is 0 Å². The molecule has 0 aliphatic heterocycles. The summed E-state index contributed by atoms with van der Waals surface area (Å²) in [7, 11) is 0. The van der Waals surface area contributed by atoms with Gasteiger partial charge in [-0.25, -0.2) is 9.37 Å². The third kappa shape index (κ3) is 2.95. The molecule has 5 nitrogen and oxygen atoms in total. The van der Waals surface area contributed by atoms with Crippen molar-refractivity contribution in [2.75, 3.05) is 5.32 Å². The van der Waals surface area contributed by atoms with Crippen LogP contribution in [0.3, 0.4) is 0 Å². The number of nitrogens with zero attached hydrogens (tertiary/aromatic N) is 3. The SMILES string of the molecule is Cc1cc(NC(=O)c2ccccc2F)n(-c2nc3c(Cl)cccc3s2)n1. The molecule has 0 fully saturated rings. The largest absolute Gasteiger partial charge is 0.306 e. The lowest BCUT2D eigenvalue weighted by atomic mass is 10.2. The zero-order valence-electron chi connectivity index (χ0n) is 13.5. The number of benzene rings is 2. The third-order valence-electron chi connectivity index (χ3n) is 3.73. The predicted molar refractivity (Wildman–Crippen MR) is 101 cm³/mol. The monoisotopic (exact) mass is 386 g/mol. The molecule has 0 aliphatic rings. The summed E-state index contributed by atoms with van der Waals surface area (Å²) in [5.41, 5.74) is 1.33. The van der Waals surface area contributed by atoms with Gasteiger partial charge in [-0.3, -0.25) is 4.79 Å². The third-order valence-corrected chi connectivity index (χ3v) is 5.03. The van der Waals surface area contributed by atoms with E-state index in [4.69, 9.17) is 11.6 Å². The van der Waals surface area contributed by atoms with Crippen molar-refractivity contribution in [2.45, 2.75) is 6.92 Å². The Morgan fingerprint density at radius 1 is 1.23 bits per heavy atom. The first-order valence-electron chi connectivity index (χ1n) is 7.71. The van der Waals surface area contributed by atoms with Crippen molar-refractivity contribution in [3.63, 3.8) is 0 Å². The molecule has 0 spiro atoms. The van der Waals surface area contributed by atoms with E-state index in [1.807, 2.05) is 12.1 Å². The van der Waals surface area contributed by atoms with Gasteiger partial charge in [0, 0.05) is 6.07 Å². The number of aromatic nitrogens is 3. The number of carbonyl (C=O) groups is 1. The van der Waals surface area contributed by atoms with Gasteiger partial charge in [-0.05, 0) is 31.2 Å². The number of nitrogens with one attached hydrogen (secondary N) is 1. The molecular formula is C18H12ClFN4OS. The summed E-state index contributed by atoms with van der Waals surface area (Å²) in [5, 5.41) is 8.20. The highest BCUT2D eigenvalue weighted by molar-refractivity contribution is 7.20. The zero-order chi connectivity index (χ0) is 18.3. The molecule has 0 unspecified atom stereocenters. The number of amides is 1. The maximum atomic E-state index is 13.8. The molecule has 4 rings (SSSR count). The fraction of sp³-hybridized carbons (Fsp3) is 0.0556. The van der Waals surface area contributed by atoms with Gasteiger partial charge in [0.2, 0.25) is 5.13 Å². The average Bonchev–Trinajstić information content (AvgIpc) is 3.19. The molecule has 1 amide bonds. The first-order chi connectivity index (χ1) is 12.5. The summed E-state index contributed by atoms with van der Waals surface area (Å²) >= 11 is 7.59. The van der Waals surface area contributed by atoms with Crippen molar-refractivity contribution in [1.29, 1.82) is 0 Å². The number of thiazole rings is 1. The highest BCUT2D eigenvalue weighted by Crippen LogP contribution is 2.31. The van der Waals surface area contributed by atoms with Gasteiger partial charge >= 0.3 is 0 Å². The van der Waals surface area contributed by atoms with Gasteiger partial charge in [-0.2, -0.15) is 9.78 Å². The van der Waals surface area contributed by atoms with Crippen molar-refractivity contribution in [2.24, 2.45) is 0 Å². The lowest BCUT2D eigenvalue weighted by Crippen LogP contribution is -2.16. The fourth-order valence-corrected chi connectivity index (χ4v) is 3.79. The van der Waals surface area contributed by atoms with Crippen LogP contribution in [0.1, 0.15) is 16.1 Å². The van der Waals surface area contributed by atoms with Crippen molar-refractivity contribution < 1.29 is 9.18 Å². The summed E-state index contributed by atoms with van der Waals surface area (Å²) in [6, 6.07) is 13.0. The number of fused-ring (bicyclic) bond motifs is 1. The second kappa shape index (κ2) is 6.51. The summed E-state index contributed by atoms with van der Waals surface area (Å²) in [6.07, 6.45) is 0. The molecule has 0 radical (unpaired) electrons. The number of rotatable bonds is 3. The van der Waals surface area contributed by atoms with Crippen LogP contribution in [0.15, 0.2) is 48.5 Å². The molecule has 8 heteroatoms. The molecule has 0 bridgehead atoms. The van der Waals surface area contributed by atoms with Crippen LogP contribution in [0, 0.1) is 12.7 Å². The van der Waals surface area contributed by atoms with Crippen LogP contribution in [-0.4, -0.2) is 20.7 Å². The lowest BCUT2D eigenvalue weighted by molar-refractivity contribution is 0.102. The van der Waals surface area contributed by atoms with Crippen LogP contribution >= 0.6 is 22.9 Å². The average molecular weight is 387 g/mol. The second-order valence-corrected chi connectivity index (χ2v) is 7.02. The van der Waals surface area contributed by atoms with Crippen molar-refractivity contribution in [3.8, 4) is 5.13 Å². The van der Waals surface area contributed by atoms with E-state index in [-0.39, 0.29) is 5.56 Å². The number of halogens is 2. The zero-order valence-corrected chi connectivity index (χ0v) is 15.1. The smallest absolute Gasteiger partial charge is 0.259 e. The Labute approximate surface area is 157 Å². The highest BCUT2D eigenvalue weighted by atomic mass is 35.5. The van der Waals surface area contributed by atoms with Gasteiger partial charge in [0.1, 0.15) is 17.2 Å². The van der Waals surface area contributed by atoms with E-state index >= 15 is 0 Å². The number of anilines is 1. The minimum absolute atomic E-state index is 0.0368. The molecule has 0 aliphatic carbocycles. The van der Waals surface area contributed by atoms with Gasteiger partial charge in [0.15, 0.2) is 0 Å². The van der Waals surface area contributed by atoms with Gasteiger partial charge in [-0.1, -0.05) is 41.1 Å². The Kier molecular flexibility index (Phi) is 4.18. The molecule has 130 valence electrons. The molecule has 0 saturated heterocycles. The van der Waals surface area contributed by atoms with Crippen LogP contribution in [0.2, 0.25) is 5.02 Å². The number of carbonyl (C=O) groups excluding carboxylic acids is 1. The Hall–Kier alpha value is -2.77. The molecule has 2 aromatic heterocycles. The quantitative estimate of drug-likeness (QED) is 0.548. The lowest BCUT2D eigenvalue weighted by Gasteiger charge is -2.07. The van der Waals surface area contributed by atoms with Gasteiger partial charge in [-0.15, -0.1) is 0 Å². The van der Waals surface area contributed by atoms with E-state index in [9.17, 15) is 9.18 Å². The van der Waals surface area contributed by atoms with Crippen LogP contribution < -0.4 is 5.32 Å². The summed E-state index contributed by atoms with van der Waals surface area (Å²) < 4.78 is 16.3. The van der Waals surface area contributed by atoms with E-state index in [1.165, 1.54) is 34.2 Å². The molecule has 0 saturated carbocycles. The van der Waals surface area contributed by atoms with Crippen LogP contribution in [0.4, 0.5) is 10.2 Å². The Balaban J connectivity index is 1.74. The first-order valence-corrected chi connectivity index (χ1v) is 8.90. The number of hydrogen-bond donors (Lipinski definition) is 1. The van der Waals surface area contributed by atoms with E-state index in [2.05, 4.69) is 15.4 Å². The van der Waals surface area contributed by atoms with Gasteiger partial charge in [0.05, 0.1) is 21.0 Å². The maximum absolute atomic E-state index is 13.8. The highest BCUT2D eigenvalue weighted by Gasteiger charge is 2.17. The molecule has 0 atom stereocenters. The molecule has 2 aromatic carbocycles. The van der Waals surface area contributed by atoms with Crippen molar-refractivity contribution in [1.82, 2.24) is 14.8 Å². The predicted octanol–water partition coefficient (Wildman–Crippen LogP) is 4.84. The molecule has 4 aromatic rings. The Bertz CT molecular complexity index is 1140. The van der Waals surface area contributed by atoms with Gasteiger partial charge < -0.3 is 5.32 Å². The fourth-order valence-electron chi connectivity index (χ4n) is 2.56. The number of para-hydroxylation sites is 1. The Morgan fingerprint density at radius 2 is 2.04 bits per heavy atom.